The topological polar surface area (TPSA) is 144 Å². The highest BCUT2D eigenvalue weighted by Gasteiger charge is 2.44. The molecule has 2 rings (SSSR count). The zero-order chi connectivity index (χ0) is 15.0. The van der Waals surface area contributed by atoms with Gasteiger partial charge in [-0.05, 0) is 12.1 Å². The van der Waals surface area contributed by atoms with Gasteiger partial charge in [0.2, 0.25) is 5.91 Å². The number of imide groups is 1. The van der Waals surface area contributed by atoms with E-state index in [9.17, 15) is 19.2 Å². The van der Waals surface area contributed by atoms with Crippen molar-refractivity contribution in [2.75, 3.05) is 5.73 Å². The predicted molar refractivity (Wildman–Crippen MR) is 66.6 cm³/mol. The first kappa shape index (κ1) is 13.5. The van der Waals surface area contributed by atoms with E-state index >= 15 is 0 Å². The summed E-state index contributed by atoms with van der Waals surface area (Å²) in [4.78, 5) is 46.9. The summed E-state index contributed by atoms with van der Waals surface area (Å²) in [5, 5.41) is 9.08. The molecule has 1 heterocycles. The van der Waals surface area contributed by atoms with E-state index in [-0.39, 0.29) is 16.8 Å². The van der Waals surface area contributed by atoms with Gasteiger partial charge in [-0.1, -0.05) is 6.07 Å². The third kappa shape index (κ3) is 1.96. The number of primary amides is 1. The quantitative estimate of drug-likeness (QED) is 0.485. The maximum atomic E-state index is 12.2. The number of hydrogen-bond donors (Lipinski definition) is 3. The molecule has 0 fully saturated rings. The Bertz CT molecular complexity index is 640. The van der Waals surface area contributed by atoms with Crippen LogP contribution < -0.4 is 11.5 Å². The van der Waals surface area contributed by atoms with Crippen LogP contribution in [0.3, 0.4) is 0 Å². The minimum absolute atomic E-state index is 0.0192. The number of aliphatic carboxylic acids is 1. The SMILES string of the molecule is NC(=O)CC(C(=O)O)N1C(=O)c2cccc(N)c2C1=O. The zero-order valence-corrected chi connectivity index (χ0v) is 10.2. The fourth-order valence-electron chi connectivity index (χ4n) is 2.09. The van der Waals surface area contributed by atoms with E-state index in [1.807, 2.05) is 0 Å². The van der Waals surface area contributed by atoms with Crippen LogP contribution in [-0.4, -0.2) is 39.7 Å². The Morgan fingerprint density at radius 2 is 1.90 bits per heavy atom. The van der Waals surface area contributed by atoms with Gasteiger partial charge in [0.25, 0.3) is 11.8 Å². The number of benzene rings is 1. The Hall–Kier alpha value is -2.90. The molecule has 0 saturated carbocycles. The lowest BCUT2D eigenvalue weighted by Crippen LogP contribution is -2.46. The smallest absolute Gasteiger partial charge is 0.327 e. The number of amides is 3. The Morgan fingerprint density at radius 1 is 1.25 bits per heavy atom. The van der Waals surface area contributed by atoms with Gasteiger partial charge in [-0.15, -0.1) is 0 Å². The number of nitrogens with two attached hydrogens (primary N) is 2. The van der Waals surface area contributed by atoms with Crippen LogP contribution in [0.5, 0.6) is 0 Å². The highest BCUT2D eigenvalue weighted by Crippen LogP contribution is 2.29. The minimum atomic E-state index is -1.64. The number of carboxylic acid groups (broad SMARTS) is 1. The van der Waals surface area contributed by atoms with Gasteiger partial charge in [0.15, 0.2) is 0 Å². The van der Waals surface area contributed by atoms with Gasteiger partial charge in [0.05, 0.1) is 17.5 Å². The average Bonchev–Trinajstić information content (AvgIpc) is 2.60. The molecule has 20 heavy (non-hydrogen) atoms. The summed E-state index contributed by atoms with van der Waals surface area (Å²) >= 11 is 0. The molecule has 0 aliphatic carbocycles. The molecule has 8 nitrogen and oxygen atoms in total. The van der Waals surface area contributed by atoms with Crippen LogP contribution in [0.15, 0.2) is 18.2 Å². The first-order valence-electron chi connectivity index (χ1n) is 5.62. The molecule has 0 saturated heterocycles. The first-order valence-corrected chi connectivity index (χ1v) is 5.62. The van der Waals surface area contributed by atoms with Crippen molar-refractivity contribution in [3.05, 3.63) is 29.3 Å². The molecular formula is C12H11N3O5. The largest absolute Gasteiger partial charge is 0.480 e. The molecule has 0 aromatic heterocycles. The van der Waals surface area contributed by atoms with Gasteiger partial charge in [0, 0.05) is 5.69 Å². The van der Waals surface area contributed by atoms with Crippen LogP contribution >= 0.6 is 0 Å². The maximum absolute atomic E-state index is 12.2. The van der Waals surface area contributed by atoms with E-state index in [1.54, 1.807) is 0 Å². The van der Waals surface area contributed by atoms with E-state index in [0.717, 1.165) is 0 Å². The molecular weight excluding hydrogens is 266 g/mol. The van der Waals surface area contributed by atoms with Crippen molar-refractivity contribution in [2.24, 2.45) is 5.73 Å². The molecule has 1 aromatic carbocycles. The molecule has 104 valence electrons. The Balaban J connectivity index is 2.48. The summed E-state index contributed by atoms with van der Waals surface area (Å²) in [6, 6.07) is 2.64. The number of fused-ring (bicyclic) bond motifs is 1. The average molecular weight is 277 g/mol. The Kier molecular flexibility index (Phi) is 3.15. The number of nitrogen functional groups attached to an aromatic ring is 1. The summed E-state index contributed by atoms with van der Waals surface area (Å²) in [6.45, 7) is 0. The summed E-state index contributed by atoms with van der Waals surface area (Å²) in [5.74, 6) is -4.05. The van der Waals surface area contributed by atoms with Crippen molar-refractivity contribution in [3.8, 4) is 0 Å². The van der Waals surface area contributed by atoms with Crippen molar-refractivity contribution in [1.82, 2.24) is 4.90 Å². The molecule has 8 heteroatoms. The molecule has 1 aromatic rings. The minimum Gasteiger partial charge on any atom is -0.480 e. The molecule has 0 spiro atoms. The van der Waals surface area contributed by atoms with E-state index in [2.05, 4.69) is 0 Å². The zero-order valence-electron chi connectivity index (χ0n) is 10.2. The van der Waals surface area contributed by atoms with Crippen molar-refractivity contribution < 1.29 is 24.3 Å². The number of carbonyl (C=O) groups excluding carboxylic acids is 3. The molecule has 1 aliphatic heterocycles. The van der Waals surface area contributed by atoms with Crippen molar-refractivity contribution in [2.45, 2.75) is 12.5 Å². The van der Waals surface area contributed by atoms with E-state index in [1.165, 1.54) is 18.2 Å². The summed E-state index contributed by atoms with van der Waals surface area (Å²) < 4.78 is 0. The predicted octanol–water partition coefficient (Wildman–Crippen LogP) is -0.807. The standard InChI is InChI=1S/C12H11N3O5/c13-6-3-1-2-5-9(6)11(18)15(10(5)17)7(12(19)20)4-8(14)16/h1-3,7H,4,13H2,(H2,14,16)(H,19,20). The maximum Gasteiger partial charge on any atom is 0.327 e. The second kappa shape index (κ2) is 4.65. The lowest BCUT2D eigenvalue weighted by molar-refractivity contribution is -0.143. The molecule has 5 N–H and O–H groups in total. The lowest BCUT2D eigenvalue weighted by Gasteiger charge is -2.21. The Labute approximate surface area is 112 Å². The van der Waals surface area contributed by atoms with E-state index < -0.39 is 36.2 Å². The fourth-order valence-corrected chi connectivity index (χ4v) is 2.09. The van der Waals surface area contributed by atoms with Crippen molar-refractivity contribution in [3.63, 3.8) is 0 Å². The van der Waals surface area contributed by atoms with Crippen LogP contribution in [0.2, 0.25) is 0 Å². The summed E-state index contributed by atoms with van der Waals surface area (Å²) in [6.07, 6.45) is -0.652. The summed E-state index contributed by atoms with van der Waals surface area (Å²) in [7, 11) is 0. The first-order chi connectivity index (χ1) is 9.34. The van der Waals surface area contributed by atoms with E-state index in [4.69, 9.17) is 16.6 Å². The summed E-state index contributed by atoms with van der Waals surface area (Å²) in [5.41, 5.74) is 10.6. The van der Waals surface area contributed by atoms with Crippen LogP contribution in [-0.2, 0) is 9.59 Å². The second-order valence-electron chi connectivity index (χ2n) is 4.27. The van der Waals surface area contributed by atoms with Gasteiger partial charge in [-0.25, -0.2) is 4.79 Å². The Morgan fingerprint density at radius 3 is 2.40 bits per heavy atom. The third-order valence-electron chi connectivity index (χ3n) is 2.97. The second-order valence-corrected chi connectivity index (χ2v) is 4.27. The lowest BCUT2D eigenvalue weighted by atomic mass is 10.1. The number of anilines is 1. The molecule has 3 amide bonds. The van der Waals surface area contributed by atoms with Crippen LogP contribution in [0.4, 0.5) is 5.69 Å². The normalized spacial score (nSPS) is 15.1. The number of carbonyl (C=O) groups is 4. The highest BCUT2D eigenvalue weighted by atomic mass is 16.4. The van der Waals surface area contributed by atoms with Crippen LogP contribution in [0.1, 0.15) is 27.1 Å². The van der Waals surface area contributed by atoms with Gasteiger partial charge >= 0.3 is 5.97 Å². The fraction of sp³-hybridized carbons (Fsp3) is 0.167. The van der Waals surface area contributed by atoms with E-state index in [0.29, 0.717) is 4.90 Å². The van der Waals surface area contributed by atoms with Crippen molar-refractivity contribution >= 4 is 29.4 Å². The van der Waals surface area contributed by atoms with Gasteiger partial charge in [0.1, 0.15) is 6.04 Å². The number of rotatable bonds is 4. The van der Waals surface area contributed by atoms with Crippen LogP contribution in [0.25, 0.3) is 0 Å². The number of nitrogens with zero attached hydrogens (tertiary/aromatic N) is 1. The number of carboxylic acids is 1. The molecule has 1 aliphatic rings. The van der Waals surface area contributed by atoms with Gasteiger partial charge < -0.3 is 16.6 Å². The van der Waals surface area contributed by atoms with Crippen molar-refractivity contribution in [1.29, 1.82) is 0 Å². The monoisotopic (exact) mass is 277 g/mol. The molecule has 1 unspecified atom stereocenters. The van der Waals surface area contributed by atoms with Gasteiger partial charge in [-0.2, -0.15) is 0 Å². The molecule has 0 radical (unpaired) electrons. The highest BCUT2D eigenvalue weighted by molar-refractivity contribution is 6.24. The third-order valence-corrected chi connectivity index (χ3v) is 2.97. The molecule has 1 atom stereocenters. The van der Waals surface area contributed by atoms with Gasteiger partial charge in [-0.3, -0.25) is 19.3 Å². The number of hydrogen-bond acceptors (Lipinski definition) is 5. The molecule has 0 bridgehead atoms. The van der Waals surface area contributed by atoms with Crippen LogP contribution in [0, 0.1) is 0 Å².